The van der Waals surface area contributed by atoms with Gasteiger partial charge in [-0.1, -0.05) is 152 Å². The summed E-state index contributed by atoms with van der Waals surface area (Å²) in [6.07, 6.45) is 0. The predicted molar refractivity (Wildman–Crippen MR) is 291 cm³/mol. The van der Waals surface area contributed by atoms with Crippen LogP contribution in [-0.2, 0) is 0 Å². The third-order valence-corrected chi connectivity index (χ3v) is 13.7. The third-order valence-electron chi connectivity index (χ3n) is 13.7. The minimum atomic E-state index is 0.370. The number of aromatic nitrogens is 5. The topological polar surface area (TPSA) is 96.1 Å². The molecule has 13 aromatic rings. The molecule has 0 radical (unpaired) electrons. The minimum absolute atomic E-state index is 0.370. The zero-order valence-electron chi connectivity index (χ0n) is 38.6. The van der Waals surface area contributed by atoms with Gasteiger partial charge in [0, 0.05) is 49.6 Å². The Balaban J connectivity index is 0.987. The Bertz CT molecular complexity index is 4350. The second-order valence-electron chi connectivity index (χ2n) is 17.8. The Morgan fingerprint density at radius 3 is 1.33 bits per heavy atom. The monoisotopic (exact) mass is 917 g/mol. The molecule has 0 fully saturated rings. The quantitative estimate of drug-likeness (QED) is 0.151. The van der Waals surface area contributed by atoms with Gasteiger partial charge in [-0.15, -0.1) is 0 Å². The summed E-state index contributed by atoms with van der Waals surface area (Å²) in [7, 11) is 0. The van der Waals surface area contributed by atoms with Crippen molar-refractivity contribution in [2.45, 2.75) is 0 Å². The normalized spacial score (nSPS) is 11.3. The van der Waals surface area contributed by atoms with Gasteiger partial charge in [-0.25, -0.2) is 15.0 Å². The molecule has 72 heavy (non-hydrogen) atoms. The predicted octanol–water partition coefficient (Wildman–Crippen LogP) is 15.8. The van der Waals surface area contributed by atoms with E-state index in [-0.39, 0.29) is 0 Å². The van der Waals surface area contributed by atoms with Gasteiger partial charge in [0.15, 0.2) is 17.5 Å². The Kier molecular flexibility index (Phi) is 10.1. The molecule has 7 heteroatoms. The van der Waals surface area contributed by atoms with Crippen LogP contribution in [0.4, 0.5) is 0 Å². The second-order valence-corrected chi connectivity index (χ2v) is 17.8. The van der Waals surface area contributed by atoms with Gasteiger partial charge in [-0.2, -0.15) is 10.5 Å². The van der Waals surface area contributed by atoms with E-state index in [2.05, 4.69) is 173 Å². The van der Waals surface area contributed by atoms with Crippen molar-refractivity contribution in [3.63, 3.8) is 0 Å². The molecule has 334 valence electrons. The number of hydrogen-bond acceptors (Lipinski definition) is 5. The third kappa shape index (κ3) is 7.17. The molecule has 0 saturated heterocycles. The van der Waals surface area contributed by atoms with Crippen LogP contribution in [-0.4, -0.2) is 24.1 Å². The zero-order chi connectivity index (χ0) is 48.1. The highest BCUT2D eigenvalue weighted by molar-refractivity contribution is 6.12. The van der Waals surface area contributed by atoms with E-state index in [0.29, 0.717) is 34.2 Å². The summed E-state index contributed by atoms with van der Waals surface area (Å²) in [4.78, 5) is 15.5. The molecule has 0 amide bonds. The molecule has 3 aromatic heterocycles. The number of para-hydroxylation sites is 2. The lowest BCUT2D eigenvalue weighted by Gasteiger charge is -2.16. The van der Waals surface area contributed by atoms with Crippen LogP contribution in [0, 0.1) is 22.7 Å². The van der Waals surface area contributed by atoms with Crippen molar-refractivity contribution in [2.24, 2.45) is 0 Å². The van der Waals surface area contributed by atoms with E-state index in [4.69, 9.17) is 15.0 Å². The van der Waals surface area contributed by atoms with E-state index in [1.165, 1.54) is 0 Å². The average Bonchev–Trinajstić information content (AvgIpc) is 3.97. The molecule has 7 nitrogen and oxygen atoms in total. The van der Waals surface area contributed by atoms with Crippen LogP contribution in [0.5, 0.6) is 0 Å². The van der Waals surface area contributed by atoms with E-state index in [0.717, 1.165) is 99.5 Å². The van der Waals surface area contributed by atoms with Gasteiger partial charge in [-0.05, 0) is 118 Å². The average molecular weight is 918 g/mol. The molecule has 0 aliphatic heterocycles. The summed E-state index contributed by atoms with van der Waals surface area (Å²) >= 11 is 0. The van der Waals surface area contributed by atoms with Gasteiger partial charge in [0.25, 0.3) is 0 Å². The van der Waals surface area contributed by atoms with Crippen molar-refractivity contribution in [1.29, 1.82) is 10.5 Å². The van der Waals surface area contributed by atoms with E-state index < -0.39 is 0 Å². The fourth-order valence-corrected chi connectivity index (χ4v) is 10.3. The standard InChI is InChI=1S/C65H39N7/c66-40-42-15-14-22-48(35-42)56-39-51(72-60-26-13-11-24-54(60)58-38-47(28-34-62(58)72)44-18-6-2-7-19-44)30-32-55(56)65-69-63(45-20-8-3-9-21-45)68-64(70-65)52-31-29-50(36-49(52)41-67)71-59-25-12-10-23-53(59)57-37-46(27-33-61(57)71)43-16-4-1-5-17-43/h1-39H. The molecular weight excluding hydrogens is 879 g/mol. The lowest BCUT2D eigenvalue weighted by molar-refractivity contribution is 1.07. The number of benzene rings is 10. The van der Waals surface area contributed by atoms with Crippen LogP contribution in [0.3, 0.4) is 0 Å². The van der Waals surface area contributed by atoms with Gasteiger partial charge in [0.1, 0.15) is 0 Å². The van der Waals surface area contributed by atoms with Gasteiger partial charge in [0.05, 0.1) is 45.3 Å². The summed E-state index contributed by atoms with van der Waals surface area (Å²) in [5, 5.41) is 25.7. The molecule has 0 N–H and O–H groups in total. The number of nitriles is 2. The van der Waals surface area contributed by atoms with Crippen molar-refractivity contribution in [2.75, 3.05) is 0 Å². The molecule has 0 spiro atoms. The number of rotatable bonds is 8. The molecule has 0 bridgehead atoms. The Morgan fingerprint density at radius 1 is 0.292 bits per heavy atom. The summed E-state index contributed by atoms with van der Waals surface area (Å²) in [5.41, 5.74) is 15.4. The van der Waals surface area contributed by atoms with Crippen LogP contribution < -0.4 is 0 Å². The summed E-state index contributed by atoms with van der Waals surface area (Å²) in [5.74, 6) is 1.27. The molecule has 0 unspecified atom stereocenters. The number of fused-ring (bicyclic) bond motifs is 6. The van der Waals surface area contributed by atoms with Crippen molar-refractivity contribution < 1.29 is 0 Å². The first kappa shape index (κ1) is 41.9. The molecule has 3 heterocycles. The molecule has 10 aromatic carbocycles. The Hall–Kier alpha value is -10.2. The number of nitrogens with zero attached hydrogens (tertiary/aromatic N) is 7. The molecule has 0 atom stereocenters. The maximum Gasteiger partial charge on any atom is 0.165 e. The van der Waals surface area contributed by atoms with Crippen molar-refractivity contribution in [1.82, 2.24) is 24.1 Å². The van der Waals surface area contributed by atoms with Crippen LogP contribution in [0.25, 0.3) is 123 Å². The van der Waals surface area contributed by atoms with E-state index in [1.807, 2.05) is 84.9 Å². The fraction of sp³-hybridized carbons (Fsp3) is 0. The minimum Gasteiger partial charge on any atom is -0.309 e. The smallest absolute Gasteiger partial charge is 0.165 e. The van der Waals surface area contributed by atoms with Gasteiger partial charge in [0.2, 0.25) is 0 Å². The van der Waals surface area contributed by atoms with Crippen LogP contribution in [0.2, 0.25) is 0 Å². The SMILES string of the molecule is N#Cc1cccc(-c2cc(-n3c4ccccc4c4cc(-c5ccccc5)ccc43)ccc2-c2nc(-c3ccccc3)nc(-c3ccc(-n4c5ccccc5c5cc(-c6ccccc6)ccc54)cc3C#N)n2)c1. The molecule has 13 rings (SSSR count). The Labute approximate surface area is 415 Å². The largest absolute Gasteiger partial charge is 0.309 e. The number of hydrogen-bond donors (Lipinski definition) is 0. The second kappa shape index (κ2) is 17.4. The van der Waals surface area contributed by atoms with E-state index in [1.54, 1.807) is 0 Å². The lowest BCUT2D eigenvalue weighted by Crippen LogP contribution is -2.03. The first-order valence-corrected chi connectivity index (χ1v) is 23.8. The zero-order valence-corrected chi connectivity index (χ0v) is 38.6. The van der Waals surface area contributed by atoms with Crippen molar-refractivity contribution in [3.05, 3.63) is 248 Å². The first-order valence-electron chi connectivity index (χ1n) is 23.8. The fourth-order valence-electron chi connectivity index (χ4n) is 10.3. The highest BCUT2D eigenvalue weighted by Crippen LogP contribution is 2.41. The van der Waals surface area contributed by atoms with Crippen LogP contribution in [0.15, 0.2) is 237 Å². The summed E-state index contributed by atoms with van der Waals surface area (Å²) in [6, 6.07) is 85.6. The summed E-state index contributed by atoms with van der Waals surface area (Å²) in [6.45, 7) is 0. The van der Waals surface area contributed by atoms with Crippen LogP contribution >= 0.6 is 0 Å². The van der Waals surface area contributed by atoms with Crippen molar-refractivity contribution in [3.8, 4) is 91.1 Å². The van der Waals surface area contributed by atoms with E-state index in [9.17, 15) is 10.5 Å². The lowest BCUT2D eigenvalue weighted by atomic mass is 9.96. The summed E-state index contributed by atoms with van der Waals surface area (Å²) < 4.78 is 4.52. The maximum absolute atomic E-state index is 11.0. The van der Waals surface area contributed by atoms with E-state index >= 15 is 0 Å². The van der Waals surface area contributed by atoms with Crippen molar-refractivity contribution >= 4 is 43.6 Å². The van der Waals surface area contributed by atoms with Crippen LogP contribution in [0.1, 0.15) is 11.1 Å². The maximum atomic E-state index is 11.0. The van der Waals surface area contributed by atoms with Gasteiger partial charge in [-0.3, -0.25) is 0 Å². The molecule has 0 saturated carbocycles. The Morgan fingerprint density at radius 2 is 0.764 bits per heavy atom. The molecule has 0 aliphatic carbocycles. The highest BCUT2D eigenvalue weighted by atomic mass is 15.0. The van der Waals surface area contributed by atoms with Gasteiger partial charge >= 0.3 is 0 Å². The molecule has 0 aliphatic rings. The highest BCUT2D eigenvalue weighted by Gasteiger charge is 2.22. The first-order chi connectivity index (χ1) is 35.6. The molecular formula is C65H39N7. The van der Waals surface area contributed by atoms with Gasteiger partial charge < -0.3 is 9.13 Å².